The molecule has 0 atom stereocenters. The number of halogens is 3. The van der Waals surface area contributed by atoms with E-state index in [1.165, 1.54) is 6.07 Å². The van der Waals surface area contributed by atoms with Gasteiger partial charge in [0.1, 0.15) is 0 Å². The van der Waals surface area contributed by atoms with Crippen LogP contribution in [0.3, 0.4) is 0 Å². The predicted molar refractivity (Wildman–Crippen MR) is 116 cm³/mol. The van der Waals surface area contributed by atoms with Crippen molar-refractivity contribution in [2.45, 2.75) is 11.3 Å². The Balaban J connectivity index is 1.52. The van der Waals surface area contributed by atoms with E-state index >= 15 is 0 Å². The fourth-order valence-corrected chi connectivity index (χ4v) is 4.01. The van der Waals surface area contributed by atoms with Crippen LogP contribution in [0.25, 0.3) is 10.9 Å². The normalized spacial score (nSPS) is 14.5. The molecule has 0 spiro atoms. The van der Waals surface area contributed by atoms with E-state index in [4.69, 9.17) is 4.74 Å². The van der Waals surface area contributed by atoms with Gasteiger partial charge in [-0.15, -0.1) is 0 Å². The van der Waals surface area contributed by atoms with Crippen molar-refractivity contribution in [1.29, 1.82) is 0 Å². The van der Waals surface area contributed by atoms with E-state index in [0.717, 1.165) is 23.9 Å². The Bertz CT molecular complexity index is 1190. The Kier molecular flexibility index (Phi) is 6.38. The second-order valence-corrected chi connectivity index (χ2v) is 8.02. The van der Waals surface area contributed by atoms with E-state index in [9.17, 15) is 22.8 Å². The van der Waals surface area contributed by atoms with E-state index in [0.29, 0.717) is 42.9 Å². The fourth-order valence-electron chi connectivity index (χ4n) is 3.35. The molecule has 1 aliphatic rings. The predicted octanol–water partition coefficient (Wildman–Crippen LogP) is 3.51. The zero-order valence-corrected chi connectivity index (χ0v) is 17.6. The van der Waals surface area contributed by atoms with Crippen LogP contribution in [0.1, 0.15) is 5.56 Å². The Morgan fingerprint density at radius 3 is 2.69 bits per heavy atom. The molecule has 1 aliphatic heterocycles. The molecule has 11 heteroatoms. The average molecular weight is 464 g/mol. The number of morpholine rings is 1. The molecule has 0 saturated carbocycles. The van der Waals surface area contributed by atoms with Gasteiger partial charge in [-0.25, -0.2) is 4.98 Å². The number of carbonyl (C=O) groups excluding carboxylic acids is 1. The number of rotatable bonds is 5. The summed E-state index contributed by atoms with van der Waals surface area (Å²) in [5, 5.41) is 3.26. The number of nitrogens with zero attached hydrogens (tertiary/aromatic N) is 2. The molecule has 2 N–H and O–H groups in total. The van der Waals surface area contributed by atoms with Gasteiger partial charge in [0.05, 0.1) is 46.8 Å². The van der Waals surface area contributed by atoms with E-state index in [-0.39, 0.29) is 22.2 Å². The zero-order valence-electron chi connectivity index (χ0n) is 16.7. The SMILES string of the molecule is O=C(CSc1nc2ccccc2c(=O)[nH]1)Nc1cc(C(F)(F)F)ccc1N1CCOCC1. The number of para-hydroxylation sites is 1. The number of ether oxygens (including phenoxy) is 1. The van der Waals surface area contributed by atoms with Crippen LogP contribution in [-0.4, -0.2) is 47.9 Å². The Labute approximate surface area is 185 Å². The first-order valence-electron chi connectivity index (χ1n) is 9.77. The maximum atomic E-state index is 13.2. The fraction of sp³-hybridized carbons (Fsp3) is 0.286. The summed E-state index contributed by atoms with van der Waals surface area (Å²) in [6.45, 7) is 1.91. The Morgan fingerprint density at radius 2 is 1.94 bits per heavy atom. The summed E-state index contributed by atoms with van der Waals surface area (Å²) in [5.41, 5.74) is -0.111. The smallest absolute Gasteiger partial charge is 0.378 e. The Hall–Kier alpha value is -3.05. The molecule has 32 heavy (non-hydrogen) atoms. The van der Waals surface area contributed by atoms with Gasteiger partial charge in [-0.2, -0.15) is 13.2 Å². The lowest BCUT2D eigenvalue weighted by Crippen LogP contribution is -2.37. The van der Waals surface area contributed by atoms with Crippen LogP contribution >= 0.6 is 11.8 Å². The highest BCUT2D eigenvalue weighted by Crippen LogP contribution is 2.36. The summed E-state index contributed by atoms with van der Waals surface area (Å²) < 4.78 is 45.0. The summed E-state index contributed by atoms with van der Waals surface area (Å²) >= 11 is 0.993. The van der Waals surface area contributed by atoms with Gasteiger partial charge in [0.15, 0.2) is 5.16 Å². The molecule has 1 aromatic heterocycles. The molecule has 0 radical (unpaired) electrons. The van der Waals surface area contributed by atoms with Gasteiger partial charge >= 0.3 is 6.18 Å². The molecule has 4 rings (SSSR count). The van der Waals surface area contributed by atoms with Gasteiger partial charge in [0, 0.05) is 13.1 Å². The van der Waals surface area contributed by atoms with E-state index in [2.05, 4.69) is 15.3 Å². The number of hydrogen-bond donors (Lipinski definition) is 2. The minimum absolute atomic E-state index is 0.0762. The van der Waals surface area contributed by atoms with Crippen LogP contribution in [0.4, 0.5) is 24.5 Å². The van der Waals surface area contributed by atoms with Crippen LogP contribution in [0.5, 0.6) is 0 Å². The summed E-state index contributed by atoms with van der Waals surface area (Å²) in [5.74, 6) is -0.653. The lowest BCUT2D eigenvalue weighted by atomic mass is 10.1. The first-order valence-corrected chi connectivity index (χ1v) is 10.8. The lowest BCUT2D eigenvalue weighted by molar-refractivity contribution is -0.137. The lowest BCUT2D eigenvalue weighted by Gasteiger charge is -2.31. The molecule has 1 amide bonds. The van der Waals surface area contributed by atoms with Gasteiger partial charge < -0.3 is 19.9 Å². The first kappa shape index (κ1) is 22.2. The van der Waals surface area contributed by atoms with Crippen LogP contribution < -0.4 is 15.8 Å². The molecule has 0 unspecified atom stereocenters. The molecule has 3 aromatic rings. The third-order valence-electron chi connectivity index (χ3n) is 4.88. The van der Waals surface area contributed by atoms with Crippen molar-refractivity contribution < 1.29 is 22.7 Å². The highest BCUT2D eigenvalue weighted by atomic mass is 32.2. The van der Waals surface area contributed by atoms with Crippen molar-refractivity contribution >= 4 is 39.9 Å². The van der Waals surface area contributed by atoms with Gasteiger partial charge in [-0.3, -0.25) is 9.59 Å². The van der Waals surface area contributed by atoms with Crippen LogP contribution in [0.15, 0.2) is 52.4 Å². The molecule has 7 nitrogen and oxygen atoms in total. The maximum absolute atomic E-state index is 13.2. The summed E-state index contributed by atoms with van der Waals surface area (Å²) in [6.07, 6.45) is -4.54. The third kappa shape index (κ3) is 5.05. The molecule has 0 bridgehead atoms. The molecule has 168 valence electrons. The molecular weight excluding hydrogens is 445 g/mol. The average Bonchev–Trinajstić information content (AvgIpc) is 2.78. The monoisotopic (exact) mass is 464 g/mol. The quantitative estimate of drug-likeness (QED) is 0.444. The second-order valence-electron chi connectivity index (χ2n) is 7.05. The van der Waals surface area contributed by atoms with Crippen molar-refractivity contribution in [3.8, 4) is 0 Å². The third-order valence-corrected chi connectivity index (χ3v) is 5.75. The molecular formula is C21H19F3N4O3S. The summed E-state index contributed by atoms with van der Waals surface area (Å²) in [7, 11) is 0. The van der Waals surface area contributed by atoms with Crippen LogP contribution in [-0.2, 0) is 15.7 Å². The number of benzene rings is 2. The number of H-pyrrole nitrogens is 1. The van der Waals surface area contributed by atoms with Gasteiger partial charge in [0.2, 0.25) is 5.91 Å². The van der Waals surface area contributed by atoms with Crippen LogP contribution in [0.2, 0.25) is 0 Å². The largest absolute Gasteiger partial charge is 0.416 e. The number of thioether (sulfide) groups is 1. The van der Waals surface area contributed by atoms with Crippen molar-refractivity contribution in [3.63, 3.8) is 0 Å². The van der Waals surface area contributed by atoms with Gasteiger partial charge in [0.25, 0.3) is 5.56 Å². The second kappa shape index (κ2) is 9.21. The van der Waals surface area contributed by atoms with Crippen molar-refractivity contribution in [1.82, 2.24) is 9.97 Å². The standard InChI is InChI=1S/C21H19F3N4O3S/c22-21(23,24)13-5-6-17(28-7-9-31-10-8-28)16(11-13)25-18(29)12-32-20-26-15-4-2-1-3-14(15)19(30)27-20/h1-6,11H,7-10,12H2,(H,25,29)(H,26,27,30). The molecule has 2 aromatic carbocycles. The molecule has 1 fully saturated rings. The molecule has 1 saturated heterocycles. The number of anilines is 2. The number of aromatic nitrogens is 2. The Morgan fingerprint density at radius 1 is 1.19 bits per heavy atom. The summed E-state index contributed by atoms with van der Waals surface area (Å²) in [6, 6.07) is 10.1. The minimum Gasteiger partial charge on any atom is -0.378 e. The maximum Gasteiger partial charge on any atom is 0.416 e. The first-order chi connectivity index (χ1) is 15.3. The van der Waals surface area contributed by atoms with E-state index in [1.807, 2.05) is 4.90 Å². The number of carbonyl (C=O) groups is 1. The van der Waals surface area contributed by atoms with E-state index in [1.54, 1.807) is 24.3 Å². The molecule has 2 heterocycles. The number of fused-ring (bicyclic) bond motifs is 1. The number of alkyl halides is 3. The van der Waals surface area contributed by atoms with Gasteiger partial charge in [-0.1, -0.05) is 23.9 Å². The number of hydrogen-bond acceptors (Lipinski definition) is 6. The van der Waals surface area contributed by atoms with Gasteiger partial charge in [-0.05, 0) is 30.3 Å². The number of nitrogens with one attached hydrogen (secondary N) is 2. The zero-order chi connectivity index (χ0) is 22.7. The van der Waals surface area contributed by atoms with Crippen molar-refractivity contribution in [2.75, 3.05) is 42.3 Å². The highest BCUT2D eigenvalue weighted by Gasteiger charge is 2.32. The summed E-state index contributed by atoms with van der Waals surface area (Å²) in [4.78, 5) is 33.5. The van der Waals surface area contributed by atoms with Crippen molar-refractivity contribution in [2.24, 2.45) is 0 Å². The number of aromatic amines is 1. The molecule has 0 aliphatic carbocycles. The highest BCUT2D eigenvalue weighted by molar-refractivity contribution is 7.99. The topological polar surface area (TPSA) is 87.3 Å². The van der Waals surface area contributed by atoms with Crippen LogP contribution in [0, 0.1) is 0 Å². The van der Waals surface area contributed by atoms with E-state index < -0.39 is 17.6 Å². The van der Waals surface area contributed by atoms with Crippen molar-refractivity contribution in [3.05, 3.63) is 58.4 Å². The number of amides is 1. The minimum atomic E-state index is -4.54.